The molecule has 0 saturated carbocycles. The normalized spacial score (nSPS) is 19.9. The molecule has 2 atom stereocenters. The zero-order valence-electron chi connectivity index (χ0n) is 14.6. The number of nitrogens with zero attached hydrogens (tertiary/aromatic N) is 2. The summed E-state index contributed by atoms with van der Waals surface area (Å²) in [5.41, 5.74) is 2.69. The molecule has 2 aromatic rings. The molecule has 2 N–H and O–H groups in total. The number of aromatic nitrogens is 2. The minimum Gasteiger partial charge on any atom is -0.376 e. The van der Waals surface area contributed by atoms with Crippen LogP contribution in [0.4, 0.5) is 4.39 Å². The summed E-state index contributed by atoms with van der Waals surface area (Å²) in [7, 11) is 0. The molecule has 1 saturated heterocycles. The number of benzene rings is 1. The van der Waals surface area contributed by atoms with E-state index in [1.807, 2.05) is 20.0 Å². The van der Waals surface area contributed by atoms with Gasteiger partial charge in [-0.15, -0.1) is 0 Å². The number of H-pyrrole nitrogens is 1. The Morgan fingerprint density at radius 2 is 2.36 bits per heavy atom. The zero-order chi connectivity index (χ0) is 17.8. The molecule has 0 aliphatic carbocycles. The molecular formula is C18H24ClFN4O. The monoisotopic (exact) mass is 366 g/mol. The largest absolute Gasteiger partial charge is 0.376 e. The Hall–Kier alpha value is -1.47. The summed E-state index contributed by atoms with van der Waals surface area (Å²) in [6.45, 7) is 7.44. The molecular weight excluding hydrogens is 343 g/mol. The van der Waals surface area contributed by atoms with Crippen molar-refractivity contribution in [3.8, 4) is 0 Å². The van der Waals surface area contributed by atoms with Gasteiger partial charge in [0.05, 0.1) is 24.9 Å². The van der Waals surface area contributed by atoms with Gasteiger partial charge in [-0.05, 0) is 26.0 Å². The van der Waals surface area contributed by atoms with E-state index in [4.69, 9.17) is 16.3 Å². The van der Waals surface area contributed by atoms with Gasteiger partial charge in [0.15, 0.2) is 0 Å². The van der Waals surface area contributed by atoms with E-state index in [2.05, 4.69) is 20.4 Å². The quantitative estimate of drug-likeness (QED) is 0.825. The van der Waals surface area contributed by atoms with Crippen LogP contribution in [0.3, 0.4) is 0 Å². The summed E-state index contributed by atoms with van der Waals surface area (Å²) in [6.07, 6.45) is 1.93. The Balaban J connectivity index is 1.78. The van der Waals surface area contributed by atoms with E-state index >= 15 is 0 Å². The number of hydrogen-bond acceptors (Lipinski definition) is 4. The highest BCUT2D eigenvalue weighted by atomic mass is 35.5. The average molecular weight is 367 g/mol. The van der Waals surface area contributed by atoms with Crippen LogP contribution in [0, 0.1) is 12.7 Å². The first-order chi connectivity index (χ1) is 12.1. The summed E-state index contributed by atoms with van der Waals surface area (Å²) in [6, 6.07) is 4.71. The second kappa shape index (κ2) is 8.27. The number of rotatable bonds is 6. The van der Waals surface area contributed by atoms with Crippen molar-refractivity contribution in [3.05, 3.63) is 52.1 Å². The van der Waals surface area contributed by atoms with Crippen LogP contribution < -0.4 is 5.32 Å². The van der Waals surface area contributed by atoms with Crippen LogP contribution in [0.25, 0.3) is 0 Å². The summed E-state index contributed by atoms with van der Waals surface area (Å²) < 4.78 is 20.2. The maximum atomic E-state index is 14.5. The van der Waals surface area contributed by atoms with Crippen LogP contribution in [0.15, 0.2) is 24.4 Å². The zero-order valence-corrected chi connectivity index (χ0v) is 15.3. The van der Waals surface area contributed by atoms with Gasteiger partial charge in [0, 0.05) is 48.0 Å². The topological polar surface area (TPSA) is 53.2 Å². The molecule has 1 fully saturated rings. The number of nitrogens with one attached hydrogen (secondary N) is 2. The van der Waals surface area contributed by atoms with Crippen LogP contribution in [-0.2, 0) is 11.3 Å². The Labute approximate surface area is 152 Å². The van der Waals surface area contributed by atoms with Crippen molar-refractivity contribution in [2.75, 3.05) is 26.2 Å². The van der Waals surface area contributed by atoms with Crippen LogP contribution in [0.2, 0.25) is 5.02 Å². The Bertz CT molecular complexity index is 688. The molecule has 0 spiro atoms. The lowest BCUT2D eigenvalue weighted by Crippen LogP contribution is -2.46. The Kier molecular flexibility index (Phi) is 6.06. The average Bonchev–Trinajstić information content (AvgIpc) is 2.98. The molecule has 7 heteroatoms. The van der Waals surface area contributed by atoms with Crippen molar-refractivity contribution < 1.29 is 9.13 Å². The highest BCUT2D eigenvalue weighted by Crippen LogP contribution is 2.31. The van der Waals surface area contributed by atoms with Gasteiger partial charge in [-0.3, -0.25) is 10.00 Å². The van der Waals surface area contributed by atoms with Gasteiger partial charge >= 0.3 is 0 Å². The minimum atomic E-state index is -0.266. The van der Waals surface area contributed by atoms with Crippen LogP contribution in [-0.4, -0.2) is 47.4 Å². The second-order valence-corrected chi connectivity index (χ2v) is 6.89. The molecule has 1 aromatic heterocycles. The van der Waals surface area contributed by atoms with E-state index < -0.39 is 0 Å². The highest BCUT2D eigenvalue weighted by Gasteiger charge is 2.28. The number of aryl methyl sites for hydroxylation is 1. The predicted molar refractivity (Wildman–Crippen MR) is 96.2 cm³/mol. The second-order valence-electron chi connectivity index (χ2n) is 6.48. The summed E-state index contributed by atoms with van der Waals surface area (Å²) in [5.74, 6) is -0.266. The lowest BCUT2D eigenvalue weighted by atomic mass is 10.0. The maximum absolute atomic E-state index is 14.5. The van der Waals surface area contributed by atoms with Crippen LogP contribution in [0.1, 0.15) is 29.8 Å². The van der Waals surface area contributed by atoms with Crippen molar-refractivity contribution in [3.63, 3.8) is 0 Å². The first kappa shape index (κ1) is 18.3. The van der Waals surface area contributed by atoms with Gasteiger partial charge < -0.3 is 10.1 Å². The SMILES string of the molecule is Cc1[nH]ncc1CNCC(c1c(F)cccc1Cl)N1CCOC(C)C1. The van der Waals surface area contributed by atoms with Crippen LogP contribution in [0.5, 0.6) is 0 Å². The van der Waals surface area contributed by atoms with Crippen molar-refractivity contribution >= 4 is 11.6 Å². The number of halogens is 2. The highest BCUT2D eigenvalue weighted by molar-refractivity contribution is 6.31. The molecule has 3 rings (SSSR count). The minimum absolute atomic E-state index is 0.123. The molecule has 2 heterocycles. The van der Waals surface area contributed by atoms with Gasteiger partial charge in [0.25, 0.3) is 0 Å². The lowest BCUT2D eigenvalue weighted by molar-refractivity contribution is -0.0349. The standard InChI is InChI=1S/C18H24ClFN4O/c1-12-11-24(6-7-25-12)17(18-15(19)4-3-5-16(18)20)10-21-8-14-9-22-23-13(14)2/h3-5,9,12,17,21H,6-8,10-11H2,1-2H3,(H,22,23). The fraction of sp³-hybridized carbons (Fsp3) is 0.500. The first-order valence-electron chi connectivity index (χ1n) is 8.55. The van der Waals surface area contributed by atoms with Crippen molar-refractivity contribution in [2.24, 2.45) is 0 Å². The molecule has 1 aliphatic rings. The van der Waals surface area contributed by atoms with Gasteiger partial charge in [0.1, 0.15) is 5.82 Å². The molecule has 0 bridgehead atoms. The molecule has 2 unspecified atom stereocenters. The van der Waals surface area contributed by atoms with Gasteiger partial charge in [-0.25, -0.2) is 4.39 Å². The third-order valence-corrected chi connectivity index (χ3v) is 4.96. The van der Waals surface area contributed by atoms with Crippen LogP contribution >= 0.6 is 11.6 Å². The predicted octanol–water partition coefficient (Wildman–Crippen LogP) is 3.06. The first-order valence-corrected chi connectivity index (χ1v) is 8.93. The fourth-order valence-corrected chi connectivity index (χ4v) is 3.56. The van der Waals surface area contributed by atoms with Gasteiger partial charge in [-0.2, -0.15) is 5.10 Å². The lowest BCUT2D eigenvalue weighted by Gasteiger charge is -2.38. The third-order valence-electron chi connectivity index (χ3n) is 4.63. The van der Waals surface area contributed by atoms with E-state index in [0.717, 1.165) is 24.3 Å². The van der Waals surface area contributed by atoms with Gasteiger partial charge in [-0.1, -0.05) is 17.7 Å². The number of aromatic amines is 1. The molecule has 0 radical (unpaired) electrons. The van der Waals surface area contributed by atoms with E-state index in [-0.39, 0.29) is 18.0 Å². The van der Waals surface area contributed by atoms with Crippen molar-refractivity contribution in [1.29, 1.82) is 0 Å². The van der Waals surface area contributed by atoms with E-state index in [0.29, 0.717) is 30.3 Å². The van der Waals surface area contributed by atoms with E-state index in [9.17, 15) is 4.39 Å². The van der Waals surface area contributed by atoms with Crippen molar-refractivity contribution in [1.82, 2.24) is 20.4 Å². The summed E-state index contributed by atoms with van der Waals surface area (Å²) in [4.78, 5) is 2.24. The fourth-order valence-electron chi connectivity index (χ4n) is 3.27. The van der Waals surface area contributed by atoms with E-state index in [1.165, 1.54) is 6.07 Å². The molecule has 25 heavy (non-hydrogen) atoms. The Morgan fingerprint density at radius 3 is 3.04 bits per heavy atom. The number of hydrogen-bond donors (Lipinski definition) is 2. The molecule has 136 valence electrons. The number of morpholine rings is 1. The summed E-state index contributed by atoms with van der Waals surface area (Å²) >= 11 is 6.34. The van der Waals surface area contributed by atoms with E-state index in [1.54, 1.807) is 12.1 Å². The smallest absolute Gasteiger partial charge is 0.129 e. The molecule has 1 aliphatic heterocycles. The third kappa shape index (κ3) is 4.39. The van der Waals surface area contributed by atoms with Gasteiger partial charge in [0.2, 0.25) is 0 Å². The Morgan fingerprint density at radius 1 is 1.52 bits per heavy atom. The molecule has 5 nitrogen and oxygen atoms in total. The van der Waals surface area contributed by atoms with Crippen molar-refractivity contribution in [2.45, 2.75) is 32.5 Å². The summed E-state index contributed by atoms with van der Waals surface area (Å²) in [5, 5.41) is 10.8. The number of ether oxygens (including phenoxy) is 1. The molecule has 1 aromatic carbocycles. The maximum Gasteiger partial charge on any atom is 0.129 e. The molecule has 0 amide bonds.